The lowest BCUT2D eigenvalue weighted by Crippen LogP contribution is -2.11. The highest BCUT2D eigenvalue weighted by Gasteiger charge is 2.20. The molecule has 0 saturated heterocycles. The number of halogens is 1. The average Bonchev–Trinajstić information content (AvgIpc) is 2.54. The Kier molecular flexibility index (Phi) is 3.35. The van der Waals surface area contributed by atoms with Crippen molar-refractivity contribution < 1.29 is 9.00 Å². The molecule has 0 bridgehead atoms. The van der Waals surface area contributed by atoms with Crippen LogP contribution in [0.2, 0.25) is 0 Å². The lowest BCUT2D eigenvalue weighted by atomic mass is 10.2. The number of carbonyl (C=O) groups excluding carboxylic acids is 1. The molecule has 1 unspecified atom stereocenters. The van der Waals surface area contributed by atoms with Gasteiger partial charge in [-0.2, -0.15) is 0 Å². The molecule has 3 rings (SSSR count). The minimum Gasteiger partial charge on any atom is -0.321 e. The van der Waals surface area contributed by atoms with Crippen LogP contribution < -0.4 is 5.32 Å². The van der Waals surface area contributed by atoms with Gasteiger partial charge in [0.25, 0.3) is 5.91 Å². The Hall–Kier alpha value is -1.30. The Morgan fingerprint density at radius 1 is 1.11 bits per heavy atom. The van der Waals surface area contributed by atoms with Crippen molar-refractivity contribution in [2.24, 2.45) is 0 Å². The van der Waals surface area contributed by atoms with Gasteiger partial charge in [-0.15, -0.1) is 0 Å². The quantitative estimate of drug-likeness (QED) is 0.818. The molecule has 6 heteroatoms. The van der Waals surface area contributed by atoms with Crippen LogP contribution in [0.25, 0.3) is 0 Å². The largest absolute Gasteiger partial charge is 0.321 e. The van der Waals surface area contributed by atoms with E-state index in [4.69, 9.17) is 10.7 Å². The molecule has 2 aromatic rings. The van der Waals surface area contributed by atoms with E-state index < -0.39 is 10.0 Å². The molecule has 1 N–H and O–H groups in total. The number of hydrogen-bond acceptors (Lipinski definition) is 3. The summed E-state index contributed by atoms with van der Waals surface area (Å²) in [5.41, 5.74) is 1.27. The molecule has 1 amide bonds. The summed E-state index contributed by atoms with van der Waals surface area (Å²) in [5.74, 6) is -0.167. The highest BCUT2D eigenvalue weighted by molar-refractivity contribution is 8.08. The maximum absolute atomic E-state index is 12.1. The van der Waals surface area contributed by atoms with E-state index in [1.54, 1.807) is 18.2 Å². The second kappa shape index (κ2) is 5.00. The summed E-state index contributed by atoms with van der Waals surface area (Å²) in [6.45, 7) is 0. The molecule has 19 heavy (non-hydrogen) atoms. The first-order valence-corrected chi connectivity index (χ1v) is 8.25. The topological polar surface area (TPSA) is 46.2 Å². The van der Waals surface area contributed by atoms with E-state index in [0.29, 0.717) is 16.1 Å². The molecule has 0 saturated carbocycles. The molecule has 1 aliphatic heterocycles. The Morgan fingerprint density at radius 2 is 1.89 bits per heavy atom. The van der Waals surface area contributed by atoms with Gasteiger partial charge >= 0.3 is 0 Å². The molecule has 0 aliphatic carbocycles. The molecule has 1 atom stereocenters. The number of rotatable bonds is 1. The van der Waals surface area contributed by atoms with Crippen LogP contribution in [0.5, 0.6) is 0 Å². The van der Waals surface area contributed by atoms with Gasteiger partial charge in [-0.1, -0.05) is 23.9 Å². The van der Waals surface area contributed by atoms with Crippen molar-refractivity contribution in [1.82, 2.24) is 0 Å². The Bertz CT molecular complexity index is 703. The van der Waals surface area contributed by atoms with Crippen LogP contribution in [0.4, 0.5) is 5.69 Å². The maximum Gasteiger partial charge on any atom is 0.256 e. The predicted molar refractivity (Wildman–Crippen MR) is 77.2 cm³/mol. The minimum absolute atomic E-state index is 0.167. The second-order valence-electron chi connectivity index (χ2n) is 3.93. The molecule has 0 radical (unpaired) electrons. The fourth-order valence-electron chi connectivity index (χ4n) is 1.85. The SMILES string of the molecule is O=C1Nc2cc(S(=O)Cl)ccc2Sc2ccccc21. The highest BCUT2D eigenvalue weighted by atomic mass is 35.7. The van der Waals surface area contributed by atoms with Crippen molar-refractivity contribution in [3.05, 3.63) is 48.0 Å². The van der Waals surface area contributed by atoms with Gasteiger partial charge in [0.15, 0.2) is 0 Å². The number of carbonyl (C=O) groups is 1. The van der Waals surface area contributed by atoms with Crippen molar-refractivity contribution in [2.45, 2.75) is 14.7 Å². The van der Waals surface area contributed by atoms with Crippen LogP contribution in [0.1, 0.15) is 10.4 Å². The smallest absolute Gasteiger partial charge is 0.256 e. The van der Waals surface area contributed by atoms with Gasteiger partial charge in [-0.25, -0.2) is 4.21 Å². The highest BCUT2D eigenvalue weighted by Crippen LogP contribution is 2.39. The third kappa shape index (κ3) is 2.41. The van der Waals surface area contributed by atoms with Crippen molar-refractivity contribution in [2.75, 3.05) is 5.32 Å². The predicted octanol–water partition coefficient (Wildman–Crippen LogP) is 3.66. The molecular weight excluding hydrogens is 302 g/mol. The van der Waals surface area contributed by atoms with Gasteiger partial charge in [0.2, 0.25) is 0 Å². The van der Waals surface area contributed by atoms with Crippen LogP contribution in [0, 0.1) is 0 Å². The zero-order chi connectivity index (χ0) is 13.4. The number of fused-ring (bicyclic) bond motifs is 2. The van der Waals surface area contributed by atoms with Crippen molar-refractivity contribution >= 4 is 44.1 Å². The summed E-state index contributed by atoms with van der Waals surface area (Å²) < 4.78 is 11.3. The van der Waals surface area contributed by atoms with Crippen LogP contribution in [-0.4, -0.2) is 10.1 Å². The van der Waals surface area contributed by atoms with Crippen molar-refractivity contribution in [3.8, 4) is 0 Å². The van der Waals surface area contributed by atoms with Crippen LogP contribution in [0.15, 0.2) is 57.2 Å². The summed E-state index contributed by atoms with van der Waals surface area (Å²) >= 11 is 1.50. The maximum atomic E-state index is 12.1. The Morgan fingerprint density at radius 3 is 2.68 bits per heavy atom. The summed E-state index contributed by atoms with van der Waals surface area (Å²) in [6, 6.07) is 12.6. The summed E-state index contributed by atoms with van der Waals surface area (Å²) in [7, 11) is 3.98. The van der Waals surface area contributed by atoms with Gasteiger partial charge in [0.05, 0.1) is 16.1 Å². The number of amides is 1. The number of anilines is 1. The van der Waals surface area contributed by atoms with E-state index in [-0.39, 0.29) is 5.91 Å². The fraction of sp³-hybridized carbons (Fsp3) is 0. The molecule has 0 aromatic heterocycles. The molecule has 0 fully saturated rings. The fourth-order valence-corrected chi connectivity index (χ4v) is 3.53. The summed E-state index contributed by atoms with van der Waals surface area (Å²) in [4.78, 5) is 14.4. The Labute approximate surface area is 121 Å². The monoisotopic (exact) mass is 309 g/mol. The van der Waals surface area contributed by atoms with Crippen LogP contribution in [-0.2, 0) is 10.0 Å². The van der Waals surface area contributed by atoms with Gasteiger partial charge in [-0.05, 0) is 41.0 Å². The van der Waals surface area contributed by atoms with E-state index in [0.717, 1.165) is 9.79 Å². The Balaban J connectivity index is 2.12. The normalized spacial score (nSPS) is 14.9. The number of benzene rings is 2. The molecular formula is C13H8ClNO2S2. The van der Waals surface area contributed by atoms with E-state index >= 15 is 0 Å². The lowest BCUT2D eigenvalue weighted by molar-refractivity contribution is 0.102. The average molecular weight is 310 g/mol. The zero-order valence-electron chi connectivity index (χ0n) is 9.55. The number of nitrogens with one attached hydrogen (secondary N) is 1. The first-order chi connectivity index (χ1) is 9.15. The first kappa shape index (κ1) is 12.7. The summed E-state index contributed by atoms with van der Waals surface area (Å²) in [6.07, 6.45) is 0. The summed E-state index contributed by atoms with van der Waals surface area (Å²) in [5, 5.41) is 2.82. The van der Waals surface area contributed by atoms with E-state index in [9.17, 15) is 9.00 Å². The third-order valence-electron chi connectivity index (χ3n) is 2.74. The van der Waals surface area contributed by atoms with Gasteiger partial charge < -0.3 is 5.32 Å². The first-order valence-electron chi connectivity index (χ1n) is 5.45. The lowest BCUT2D eigenvalue weighted by Gasteiger charge is -2.06. The molecule has 0 spiro atoms. The van der Waals surface area contributed by atoms with Gasteiger partial charge in [0.1, 0.15) is 10.0 Å². The zero-order valence-corrected chi connectivity index (χ0v) is 11.9. The molecule has 3 nitrogen and oxygen atoms in total. The molecule has 1 heterocycles. The minimum atomic E-state index is -1.58. The molecule has 96 valence electrons. The van der Waals surface area contributed by atoms with Crippen LogP contribution in [0.3, 0.4) is 0 Å². The van der Waals surface area contributed by atoms with E-state index in [2.05, 4.69) is 5.32 Å². The van der Waals surface area contributed by atoms with Crippen LogP contribution >= 0.6 is 22.4 Å². The van der Waals surface area contributed by atoms with E-state index in [1.165, 1.54) is 11.8 Å². The van der Waals surface area contributed by atoms with E-state index in [1.807, 2.05) is 24.3 Å². The van der Waals surface area contributed by atoms with Crippen molar-refractivity contribution in [3.63, 3.8) is 0 Å². The third-order valence-corrected chi connectivity index (χ3v) is 5.05. The molecule has 2 aromatic carbocycles. The van der Waals surface area contributed by atoms with Gasteiger partial charge in [0, 0.05) is 9.79 Å². The van der Waals surface area contributed by atoms with Crippen molar-refractivity contribution in [1.29, 1.82) is 0 Å². The standard InChI is InChI=1S/C13H8ClNO2S2/c14-19(17)8-5-6-12-10(7-8)15-13(16)9-3-1-2-4-11(9)18-12/h1-7H,(H,15,16). The van der Waals surface area contributed by atoms with Gasteiger partial charge in [-0.3, -0.25) is 4.79 Å². The molecule has 1 aliphatic rings. The second-order valence-corrected chi connectivity index (χ2v) is 6.78. The number of hydrogen-bond donors (Lipinski definition) is 1.